The highest BCUT2D eigenvalue weighted by Gasteiger charge is 2.00. The SMILES string of the molecule is C=C/C=C(/C#Cc1cccc(Cl)c1)c1ccccc1C. The molecule has 0 aromatic heterocycles. The molecule has 0 saturated heterocycles. The van der Waals surface area contributed by atoms with Crippen LogP contribution in [0.4, 0.5) is 0 Å². The number of rotatable bonds is 2. The van der Waals surface area contributed by atoms with E-state index < -0.39 is 0 Å². The molecule has 0 N–H and O–H groups in total. The minimum absolute atomic E-state index is 0.696. The van der Waals surface area contributed by atoms with Gasteiger partial charge in [0.15, 0.2) is 0 Å². The summed E-state index contributed by atoms with van der Waals surface area (Å²) in [5.41, 5.74) is 4.18. The Morgan fingerprint density at radius 1 is 1.15 bits per heavy atom. The lowest BCUT2D eigenvalue weighted by molar-refractivity contribution is 1.43. The second-order valence-electron chi connectivity index (χ2n) is 4.39. The van der Waals surface area contributed by atoms with E-state index in [9.17, 15) is 0 Å². The van der Waals surface area contributed by atoms with Crippen LogP contribution in [0.2, 0.25) is 5.02 Å². The van der Waals surface area contributed by atoms with Gasteiger partial charge in [0.05, 0.1) is 0 Å². The molecule has 0 aliphatic carbocycles. The zero-order valence-corrected chi connectivity index (χ0v) is 12.1. The van der Waals surface area contributed by atoms with E-state index in [4.69, 9.17) is 11.6 Å². The van der Waals surface area contributed by atoms with Crippen LogP contribution in [-0.2, 0) is 0 Å². The van der Waals surface area contributed by atoms with Crippen LogP contribution in [0, 0.1) is 18.8 Å². The van der Waals surface area contributed by atoms with Crippen LogP contribution in [-0.4, -0.2) is 0 Å². The van der Waals surface area contributed by atoms with Crippen molar-refractivity contribution in [3.63, 3.8) is 0 Å². The first-order valence-corrected chi connectivity index (χ1v) is 6.75. The average molecular weight is 279 g/mol. The summed E-state index contributed by atoms with van der Waals surface area (Å²) in [5.74, 6) is 6.35. The number of aryl methyl sites for hydroxylation is 1. The Hall–Kier alpha value is -2.23. The molecule has 0 unspecified atom stereocenters. The molecule has 0 aliphatic heterocycles. The van der Waals surface area contributed by atoms with Gasteiger partial charge in [-0.05, 0) is 42.3 Å². The first-order valence-electron chi connectivity index (χ1n) is 6.37. The first-order chi connectivity index (χ1) is 9.70. The molecule has 20 heavy (non-hydrogen) atoms. The minimum atomic E-state index is 0.696. The van der Waals surface area contributed by atoms with E-state index in [0.717, 1.165) is 16.7 Å². The average Bonchev–Trinajstić information content (AvgIpc) is 2.44. The smallest absolute Gasteiger partial charge is 0.0418 e. The quantitative estimate of drug-likeness (QED) is 0.518. The monoisotopic (exact) mass is 278 g/mol. The van der Waals surface area contributed by atoms with Crippen LogP contribution in [0.15, 0.2) is 67.3 Å². The van der Waals surface area contributed by atoms with Gasteiger partial charge in [0, 0.05) is 16.2 Å². The van der Waals surface area contributed by atoms with Gasteiger partial charge >= 0.3 is 0 Å². The third-order valence-corrected chi connectivity index (χ3v) is 3.12. The number of halogens is 1. The van der Waals surface area contributed by atoms with Crippen molar-refractivity contribution in [2.24, 2.45) is 0 Å². The topological polar surface area (TPSA) is 0 Å². The molecule has 2 aromatic rings. The normalized spacial score (nSPS) is 10.6. The van der Waals surface area contributed by atoms with E-state index in [1.807, 2.05) is 42.5 Å². The van der Waals surface area contributed by atoms with Crippen molar-refractivity contribution < 1.29 is 0 Å². The number of hydrogen-bond donors (Lipinski definition) is 0. The highest BCUT2D eigenvalue weighted by atomic mass is 35.5. The molecule has 0 bridgehead atoms. The third kappa shape index (κ3) is 3.63. The first kappa shape index (κ1) is 14.2. The Bertz CT molecular complexity index is 712. The van der Waals surface area contributed by atoms with Crippen molar-refractivity contribution in [1.82, 2.24) is 0 Å². The Labute approximate surface area is 125 Å². The Balaban J connectivity index is 2.40. The van der Waals surface area contributed by atoms with Gasteiger partial charge in [0.1, 0.15) is 0 Å². The van der Waals surface area contributed by atoms with Gasteiger partial charge in [-0.3, -0.25) is 0 Å². The molecule has 0 spiro atoms. The Kier molecular flexibility index (Phi) is 4.82. The van der Waals surface area contributed by atoms with Crippen LogP contribution in [0.1, 0.15) is 16.7 Å². The summed E-state index contributed by atoms with van der Waals surface area (Å²) < 4.78 is 0. The van der Waals surface area contributed by atoms with Crippen molar-refractivity contribution in [1.29, 1.82) is 0 Å². The summed E-state index contributed by atoms with van der Waals surface area (Å²) in [6.07, 6.45) is 3.69. The molecule has 2 rings (SSSR count). The fraction of sp³-hybridized carbons (Fsp3) is 0.0526. The second-order valence-corrected chi connectivity index (χ2v) is 4.83. The number of allylic oxidation sites excluding steroid dienone is 3. The maximum atomic E-state index is 5.96. The summed E-state index contributed by atoms with van der Waals surface area (Å²) in [7, 11) is 0. The molecular formula is C19H15Cl. The standard InChI is InChI=1S/C19H15Cl/c1-3-7-17(19-11-5-4-8-15(19)2)13-12-16-9-6-10-18(20)14-16/h3-11,14H,1H2,2H3/b17-7-. The zero-order valence-electron chi connectivity index (χ0n) is 11.4. The van der Waals surface area contributed by atoms with Crippen molar-refractivity contribution >= 4 is 17.2 Å². The molecule has 2 aromatic carbocycles. The van der Waals surface area contributed by atoms with Gasteiger partial charge in [0.25, 0.3) is 0 Å². The fourth-order valence-corrected chi connectivity index (χ4v) is 2.09. The zero-order chi connectivity index (χ0) is 14.4. The van der Waals surface area contributed by atoms with Crippen LogP contribution < -0.4 is 0 Å². The van der Waals surface area contributed by atoms with Crippen molar-refractivity contribution in [2.75, 3.05) is 0 Å². The molecule has 0 radical (unpaired) electrons. The maximum absolute atomic E-state index is 5.96. The van der Waals surface area contributed by atoms with Gasteiger partial charge < -0.3 is 0 Å². The molecule has 98 valence electrons. The lowest BCUT2D eigenvalue weighted by atomic mass is 10.0. The summed E-state index contributed by atoms with van der Waals surface area (Å²) >= 11 is 5.96. The summed E-state index contributed by atoms with van der Waals surface area (Å²) in [6, 6.07) is 15.7. The number of hydrogen-bond acceptors (Lipinski definition) is 0. The Morgan fingerprint density at radius 3 is 2.65 bits per heavy atom. The van der Waals surface area contributed by atoms with Gasteiger partial charge in [-0.15, -0.1) is 0 Å². The van der Waals surface area contributed by atoms with Gasteiger partial charge in [-0.25, -0.2) is 0 Å². The molecule has 0 amide bonds. The van der Waals surface area contributed by atoms with Gasteiger partial charge in [0.2, 0.25) is 0 Å². The van der Waals surface area contributed by atoms with E-state index in [2.05, 4.69) is 37.5 Å². The van der Waals surface area contributed by atoms with E-state index in [-0.39, 0.29) is 0 Å². The van der Waals surface area contributed by atoms with Crippen LogP contribution in [0.3, 0.4) is 0 Å². The van der Waals surface area contributed by atoms with Crippen LogP contribution in [0.5, 0.6) is 0 Å². The third-order valence-electron chi connectivity index (χ3n) is 2.89. The lowest BCUT2D eigenvalue weighted by Gasteiger charge is -2.03. The molecule has 0 saturated carbocycles. The summed E-state index contributed by atoms with van der Waals surface area (Å²) in [5, 5.41) is 0.696. The fourth-order valence-electron chi connectivity index (χ4n) is 1.90. The maximum Gasteiger partial charge on any atom is 0.0418 e. The lowest BCUT2D eigenvalue weighted by Crippen LogP contribution is -1.86. The van der Waals surface area contributed by atoms with Crippen molar-refractivity contribution in [3.05, 3.63) is 89.0 Å². The highest BCUT2D eigenvalue weighted by Crippen LogP contribution is 2.18. The van der Waals surface area contributed by atoms with Crippen molar-refractivity contribution in [3.8, 4) is 11.8 Å². The van der Waals surface area contributed by atoms with E-state index in [1.165, 1.54) is 5.56 Å². The van der Waals surface area contributed by atoms with Crippen LogP contribution in [0.25, 0.3) is 5.57 Å². The van der Waals surface area contributed by atoms with E-state index >= 15 is 0 Å². The summed E-state index contributed by atoms with van der Waals surface area (Å²) in [4.78, 5) is 0. The molecule has 1 heteroatoms. The molecule has 0 atom stereocenters. The minimum Gasteiger partial charge on any atom is -0.0990 e. The predicted octanol–water partition coefficient (Wildman–Crippen LogP) is 5.27. The Morgan fingerprint density at radius 2 is 1.95 bits per heavy atom. The predicted molar refractivity (Wildman–Crippen MR) is 87.7 cm³/mol. The second kappa shape index (κ2) is 6.80. The molecular weight excluding hydrogens is 264 g/mol. The van der Waals surface area contributed by atoms with E-state index in [1.54, 1.807) is 6.08 Å². The molecule has 0 heterocycles. The molecule has 0 fully saturated rings. The summed E-state index contributed by atoms with van der Waals surface area (Å²) in [6.45, 7) is 5.84. The largest absolute Gasteiger partial charge is 0.0990 e. The van der Waals surface area contributed by atoms with E-state index in [0.29, 0.717) is 5.02 Å². The van der Waals surface area contributed by atoms with Gasteiger partial charge in [-0.2, -0.15) is 0 Å². The van der Waals surface area contributed by atoms with Gasteiger partial charge in [-0.1, -0.05) is 66.4 Å². The van der Waals surface area contributed by atoms with Crippen LogP contribution >= 0.6 is 11.6 Å². The molecule has 0 aliphatic rings. The van der Waals surface area contributed by atoms with Crippen molar-refractivity contribution in [2.45, 2.75) is 6.92 Å². The molecule has 0 nitrogen and oxygen atoms in total. The highest BCUT2D eigenvalue weighted by molar-refractivity contribution is 6.30. The number of benzene rings is 2.